The first kappa shape index (κ1) is 21.8. The lowest BCUT2D eigenvalue weighted by Crippen LogP contribution is -2.61. The maximum Gasteiger partial charge on any atom is 0.407 e. The van der Waals surface area contributed by atoms with E-state index in [0.717, 1.165) is 11.1 Å². The molecule has 3 aromatic rings. The number of furan rings is 1. The quantitative estimate of drug-likeness (QED) is 0.623. The SMILES string of the molecule is CC(C)c1cc(-c2ccc(F)cc2)nc2cc(C(=O)N3CCN(C(=O)O)CC3(C)C)oc12. The summed E-state index contributed by atoms with van der Waals surface area (Å²) in [4.78, 5) is 32.3. The van der Waals surface area contributed by atoms with Crippen molar-refractivity contribution >= 4 is 23.1 Å². The third kappa shape index (κ3) is 3.92. The lowest BCUT2D eigenvalue weighted by atomic mass is 9.98. The smallest absolute Gasteiger partial charge is 0.407 e. The van der Waals surface area contributed by atoms with Gasteiger partial charge >= 0.3 is 6.09 Å². The van der Waals surface area contributed by atoms with Crippen LogP contribution < -0.4 is 0 Å². The minimum absolute atomic E-state index is 0.115. The second kappa shape index (κ2) is 7.93. The number of amides is 2. The Morgan fingerprint density at radius 3 is 2.44 bits per heavy atom. The fraction of sp³-hybridized carbons (Fsp3) is 0.375. The van der Waals surface area contributed by atoms with Gasteiger partial charge in [-0.1, -0.05) is 13.8 Å². The molecule has 3 heterocycles. The Morgan fingerprint density at radius 2 is 1.84 bits per heavy atom. The molecule has 2 aromatic heterocycles. The van der Waals surface area contributed by atoms with Gasteiger partial charge in [-0.2, -0.15) is 0 Å². The summed E-state index contributed by atoms with van der Waals surface area (Å²) in [6.45, 7) is 8.48. The maximum atomic E-state index is 13.3. The predicted octanol–water partition coefficient (Wildman–Crippen LogP) is 4.97. The topological polar surface area (TPSA) is 86.9 Å². The number of hydrogen-bond donors (Lipinski definition) is 1. The molecule has 168 valence electrons. The van der Waals surface area contributed by atoms with Crippen LogP contribution >= 0.6 is 0 Å². The average molecular weight is 439 g/mol. The number of hydrogen-bond acceptors (Lipinski definition) is 4. The first-order valence-electron chi connectivity index (χ1n) is 10.6. The van der Waals surface area contributed by atoms with E-state index in [1.165, 1.54) is 17.0 Å². The zero-order valence-electron chi connectivity index (χ0n) is 18.6. The molecule has 0 aliphatic carbocycles. The van der Waals surface area contributed by atoms with E-state index in [1.807, 2.05) is 33.8 Å². The number of benzene rings is 1. The first-order valence-corrected chi connectivity index (χ1v) is 10.6. The van der Waals surface area contributed by atoms with Crippen LogP contribution in [0.25, 0.3) is 22.4 Å². The lowest BCUT2D eigenvalue weighted by molar-refractivity contribution is 0.0179. The van der Waals surface area contributed by atoms with E-state index in [4.69, 9.17) is 4.42 Å². The summed E-state index contributed by atoms with van der Waals surface area (Å²) in [5.41, 5.74) is 2.78. The van der Waals surface area contributed by atoms with Crippen LogP contribution in [0, 0.1) is 5.82 Å². The third-order valence-corrected chi connectivity index (χ3v) is 5.90. The molecule has 32 heavy (non-hydrogen) atoms. The highest BCUT2D eigenvalue weighted by Gasteiger charge is 2.39. The molecule has 2 amide bonds. The van der Waals surface area contributed by atoms with Crippen molar-refractivity contribution in [2.75, 3.05) is 19.6 Å². The Labute approximate surface area is 185 Å². The number of piperazine rings is 1. The number of carbonyl (C=O) groups is 2. The van der Waals surface area contributed by atoms with Crippen LogP contribution in [0.2, 0.25) is 0 Å². The van der Waals surface area contributed by atoms with Gasteiger partial charge in [0.25, 0.3) is 5.91 Å². The molecule has 1 aliphatic heterocycles. The van der Waals surface area contributed by atoms with Crippen LogP contribution in [-0.2, 0) is 0 Å². The van der Waals surface area contributed by atoms with Crippen molar-refractivity contribution in [3.8, 4) is 11.3 Å². The van der Waals surface area contributed by atoms with Crippen molar-refractivity contribution in [1.82, 2.24) is 14.8 Å². The van der Waals surface area contributed by atoms with Crippen molar-refractivity contribution in [2.45, 2.75) is 39.2 Å². The maximum absolute atomic E-state index is 13.3. The highest BCUT2D eigenvalue weighted by atomic mass is 19.1. The van der Waals surface area contributed by atoms with Crippen molar-refractivity contribution in [2.24, 2.45) is 0 Å². The number of nitrogens with zero attached hydrogens (tertiary/aromatic N) is 3. The second-order valence-corrected chi connectivity index (χ2v) is 9.06. The monoisotopic (exact) mass is 439 g/mol. The van der Waals surface area contributed by atoms with Crippen molar-refractivity contribution in [3.05, 3.63) is 53.5 Å². The summed E-state index contributed by atoms with van der Waals surface area (Å²) < 4.78 is 19.4. The molecule has 1 saturated heterocycles. The van der Waals surface area contributed by atoms with E-state index in [0.29, 0.717) is 16.8 Å². The van der Waals surface area contributed by atoms with E-state index in [1.54, 1.807) is 23.1 Å². The normalized spacial score (nSPS) is 16.1. The summed E-state index contributed by atoms with van der Waals surface area (Å²) >= 11 is 0. The molecule has 1 N–H and O–H groups in total. The van der Waals surface area contributed by atoms with Crippen LogP contribution in [-0.4, -0.2) is 57.1 Å². The molecule has 0 spiro atoms. The molecule has 0 atom stereocenters. The molecule has 1 aromatic carbocycles. The molecule has 8 heteroatoms. The molecular weight excluding hydrogens is 413 g/mol. The molecule has 1 aliphatic rings. The van der Waals surface area contributed by atoms with Crippen LogP contribution in [0.1, 0.15) is 49.7 Å². The van der Waals surface area contributed by atoms with E-state index in [9.17, 15) is 19.1 Å². The van der Waals surface area contributed by atoms with E-state index in [2.05, 4.69) is 4.98 Å². The highest BCUT2D eigenvalue weighted by Crippen LogP contribution is 2.33. The second-order valence-electron chi connectivity index (χ2n) is 9.06. The Bertz CT molecular complexity index is 1180. The standard InChI is InChI=1S/C24H26FN3O4/c1-14(2)17-11-18(15-5-7-16(25)8-6-15)26-19-12-20(32-21(17)19)22(29)28-10-9-27(23(30)31)13-24(28,3)4/h5-8,11-12,14H,9-10,13H2,1-4H3,(H,30,31). The average Bonchev–Trinajstić information content (AvgIpc) is 3.16. The largest absolute Gasteiger partial charge is 0.465 e. The van der Waals surface area contributed by atoms with Gasteiger partial charge in [0, 0.05) is 36.8 Å². The molecule has 1 fully saturated rings. The van der Waals surface area contributed by atoms with Crippen molar-refractivity contribution in [1.29, 1.82) is 0 Å². The summed E-state index contributed by atoms with van der Waals surface area (Å²) in [6, 6.07) is 9.66. The zero-order valence-corrected chi connectivity index (χ0v) is 18.6. The van der Waals surface area contributed by atoms with Crippen molar-refractivity contribution < 1.29 is 23.5 Å². The van der Waals surface area contributed by atoms with Crippen LogP contribution in [0.5, 0.6) is 0 Å². The Balaban J connectivity index is 1.73. The minimum atomic E-state index is -0.993. The number of pyridine rings is 1. The fourth-order valence-electron chi connectivity index (χ4n) is 4.18. The minimum Gasteiger partial charge on any atom is -0.465 e. The predicted molar refractivity (Wildman–Crippen MR) is 118 cm³/mol. The van der Waals surface area contributed by atoms with E-state index >= 15 is 0 Å². The number of rotatable bonds is 3. The molecule has 0 saturated carbocycles. The fourth-order valence-corrected chi connectivity index (χ4v) is 4.18. The number of carbonyl (C=O) groups excluding carboxylic acids is 1. The van der Waals surface area contributed by atoms with Gasteiger partial charge < -0.3 is 19.3 Å². The first-order chi connectivity index (χ1) is 15.1. The molecule has 4 rings (SSSR count). The third-order valence-electron chi connectivity index (χ3n) is 5.90. The highest BCUT2D eigenvalue weighted by molar-refractivity contribution is 5.97. The molecule has 7 nitrogen and oxygen atoms in total. The van der Waals surface area contributed by atoms with Gasteiger partial charge in [-0.3, -0.25) is 4.79 Å². The van der Waals surface area contributed by atoms with Gasteiger partial charge in [0.05, 0.1) is 11.2 Å². The van der Waals surface area contributed by atoms with Crippen LogP contribution in [0.3, 0.4) is 0 Å². The van der Waals surface area contributed by atoms with E-state index < -0.39 is 11.6 Å². The van der Waals surface area contributed by atoms with Gasteiger partial charge in [-0.25, -0.2) is 14.2 Å². The molecule has 0 radical (unpaired) electrons. The summed E-state index contributed by atoms with van der Waals surface area (Å²) in [7, 11) is 0. The van der Waals surface area contributed by atoms with Crippen molar-refractivity contribution in [3.63, 3.8) is 0 Å². The molecule has 0 unspecified atom stereocenters. The summed E-state index contributed by atoms with van der Waals surface area (Å²) in [5.74, 6) is -0.330. The summed E-state index contributed by atoms with van der Waals surface area (Å²) in [5, 5.41) is 9.30. The Morgan fingerprint density at radius 1 is 1.16 bits per heavy atom. The number of fused-ring (bicyclic) bond motifs is 1. The van der Waals surface area contributed by atoms with Crippen LogP contribution in [0.4, 0.5) is 9.18 Å². The van der Waals surface area contributed by atoms with E-state index in [-0.39, 0.29) is 43.0 Å². The number of carboxylic acid groups (broad SMARTS) is 1. The lowest BCUT2D eigenvalue weighted by Gasteiger charge is -2.45. The molecular formula is C24H26FN3O4. The van der Waals surface area contributed by atoms with Gasteiger partial charge in [0.15, 0.2) is 11.3 Å². The van der Waals surface area contributed by atoms with Gasteiger partial charge in [0.2, 0.25) is 0 Å². The van der Waals surface area contributed by atoms with Gasteiger partial charge in [0.1, 0.15) is 11.3 Å². The number of aromatic nitrogens is 1. The number of halogens is 1. The summed E-state index contributed by atoms with van der Waals surface area (Å²) in [6.07, 6.45) is -0.993. The van der Waals surface area contributed by atoms with Gasteiger partial charge in [-0.15, -0.1) is 0 Å². The molecule has 0 bridgehead atoms. The zero-order chi connectivity index (χ0) is 23.2. The van der Waals surface area contributed by atoms with Gasteiger partial charge in [-0.05, 0) is 50.1 Å². The Hall–Kier alpha value is -3.42. The van der Waals surface area contributed by atoms with Crippen LogP contribution in [0.15, 0.2) is 40.8 Å². The Kier molecular flexibility index (Phi) is 5.40.